The van der Waals surface area contributed by atoms with Crippen LogP contribution < -0.4 is 0 Å². The maximum Gasteiger partial charge on any atom is 0.0543 e. The van der Waals surface area contributed by atoms with Crippen molar-refractivity contribution in [2.75, 3.05) is 0 Å². The van der Waals surface area contributed by atoms with Gasteiger partial charge in [-0.05, 0) is 92.8 Å². The Morgan fingerprint density at radius 3 is 2.70 bits per heavy atom. The fourth-order valence-corrected chi connectivity index (χ4v) is 6.79. The van der Waals surface area contributed by atoms with E-state index < -0.39 is 0 Å². The lowest BCUT2D eigenvalue weighted by atomic mass is 9.50. The van der Waals surface area contributed by atoms with Gasteiger partial charge < -0.3 is 5.11 Å². The fourth-order valence-electron chi connectivity index (χ4n) is 6.79. The minimum absolute atomic E-state index is 0.00733. The zero-order chi connectivity index (χ0) is 13.9. The molecule has 1 heteroatoms. The molecule has 4 aliphatic carbocycles. The lowest BCUT2D eigenvalue weighted by molar-refractivity contribution is -0.0675. The average molecular weight is 274 g/mol. The van der Waals surface area contributed by atoms with Crippen molar-refractivity contribution >= 4 is 0 Å². The van der Waals surface area contributed by atoms with Gasteiger partial charge in [0.2, 0.25) is 0 Å². The summed E-state index contributed by atoms with van der Waals surface area (Å²) < 4.78 is 0. The maximum absolute atomic E-state index is 9.96. The lowest BCUT2D eigenvalue weighted by Gasteiger charge is -2.55. The molecule has 4 rings (SSSR count). The van der Waals surface area contributed by atoms with Crippen molar-refractivity contribution in [3.8, 4) is 0 Å². The Hall–Kier alpha value is -0.300. The maximum atomic E-state index is 9.96. The Labute approximate surface area is 123 Å². The number of hydrogen-bond donors (Lipinski definition) is 1. The van der Waals surface area contributed by atoms with Gasteiger partial charge in [-0.3, -0.25) is 0 Å². The molecular formula is C19H30O. The van der Waals surface area contributed by atoms with E-state index in [0.29, 0.717) is 5.41 Å². The second-order valence-corrected chi connectivity index (χ2v) is 8.73. The van der Waals surface area contributed by atoms with E-state index in [1.807, 2.05) is 0 Å². The highest BCUT2D eigenvalue weighted by molar-refractivity contribution is 5.15. The van der Waals surface area contributed by atoms with E-state index in [0.717, 1.165) is 42.4 Å². The number of rotatable bonds is 0. The lowest BCUT2D eigenvalue weighted by Crippen LogP contribution is -2.47. The van der Waals surface area contributed by atoms with Crippen molar-refractivity contribution in [3.63, 3.8) is 0 Å². The first-order chi connectivity index (χ1) is 9.57. The Morgan fingerprint density at radius 2 is 1.85 bits per heavy atom. The van der Waals surface area contributed by atoms with Crippen LogP contribution in [0.4, 0.5) is 0 Å². The SMILES string of the molecule is C=C1C[C@@H]2[C@H]3CC[C@@H]4C[C@@H](O)CC[C@H]4[C@@H]3CC[C@@]2(C)C1. The molecule has 4 fully saturated rings. The third kappa shape index (κ3) is 1.92. The van der Waals surface area contributed by atoms with Crippen molar-refractivity contribution in [2.45, 2.75) is 70.8 Å². The molecule has 0 aromatic carbocycles. The van der Waals surface area contributed by atoms with Crippen LogP contribution in [0.25, 0.3) is 0 Å². The summed E-state index contributed by atoms with van der Waals surface area (Å²) in [7, 11) is 0. The molecular weight excluding hydrogens is 244 g/mol. The van der Waals surface area contributed by atoms with Crippen LogP contribution in [0.5, 0.6) is 0 Å². The molecule has 0 bridgehead atoms. The first kappa shape index (κ1) is 13.4. The Bertz CT molecular complexity index is 414. The van der Waals surface area contributed by atoms with Crippen LogP contribution in [-0.4, -0.2) is 11.2 Å². The van der Waals surface area contributed by atoms with E-state index in [9.17, 15) is 5.11 Å². The predicted octanol–water partition coefficient (Wildman–Crippen LogP) is 4.56. The minimum Gasteiger partial charge on any atom is -0.393 e. The van der Waals surface area contributed by atoms with E-state index in [4.69, 9.17) is 0 Å². The number of aliphatic hydroxyl groups excluding tert-OH is 1. The van der Waals surface area contributed by atoms with Gasteiger partial charge in [0.25, 0.3) is 0 Å². The van der Waals surface area contributed by atoms with E-state index in [1.54, 1.807) is 0 Å². The second kappa shape index (κ2) is 4.60. The molecule has 1 N–H and O–H groups in total. The Morgan fingerprint density at radius 1 is 1.05 bits per heavy atom. The predicted molar refractivity (Wildman–Crippen MR) is 82.3 cm³/mol. The van der Waals surface area contributed by atoms with E-state index in [1.165, 1.54) is 50.5 Å². The molecule has 112 valence electrons. The van der Waals surface area contributed by atoms with Crippen LogP contribution in [0.1, 0.15) is 64.7 Å². The number of hydrogen-bond acceptors (Lipinski definition) is 1. The molecule has 4 aliphatic rings. The van der Waals surface area contributed by atoms with Gasteiger partial charge in [0.05, 0.1) is 6.10 Å². The zero-order valence-electron chi connectivity index (χ0n) is 13.0. The molecule has 0 saturated heterocycles. The first-order valence-electron chi connectivity index (χ1n) is 8.91. The minimum atomic E-state index is 0.00733. The molecule has 0 radical (unpaired) electrons. The van der Waals surface area contributed by atoms with Gasteiger partial charge in [-0.2, -0.15) is 0 Å². The molecule has 0 heterocycles. The van der Waals surface area contributed by atoms with Crippen LogP contribution in [-0.2, 0) is 0 Å². The summed E-state index contributed by atoms with van der Waals surface area (Å²) in [6.07, 6.45) is 11.8. The molecule has 0 unspecified atom stereocenters. The van der Waals surface area contributed by atoms with Gasteiger partial charge in [0, 0.05) is 0 Å². The van der Waals surface area contributed by atoms with Gasteiger partial charge in [-0.1, -0.05) is 19.1 Å². The molecule has 7 atom stereocenters. The molecule has 0 aromatic heterocycles. The number of allylic oxidation sites excluding steroid dienone is 1. The van der Waals surface area contributed by atoms with Gasteiger partial charge in [0.1, 0.15) is 0 Å². The van der Waals surface area contributed by atoms with E-state index in [2.05, 4.69) is 13.5 Å². The average Bonchev–Trinajstić information content (AvgIpc) is 2.72. The van der Waals surface area contributed by atoms with Crippen LogP contribution >= 0.6 is 0 Å². The molecule has 4 saturated carbocycles. The van der Waals surface area contributed by atoms with Crippen LogP contribution in [0.3, 0.4) is 0 Å². The molecule has 1 nitrogen and oxygen atoms in total. The van der Waals surface area contributed by atoms with Gasteiger partial charge in [0.15, 0.2) is 0 Å². The smallest absolute Gasteiger partial charge is 0.0543 e. The van der Waals surface area contributed by atoms with E-state index in [-0.39, 0.29) is 6.10 Å². The highest BCUT2D eigenvalue weighted by atomic mass is 16.3. The zero-order valence-corrected chi connectivity index (χ0v) is 13.0. The fraction of sp³-hybridized carbons (Fsp3) is 0.895. The van der Waals surface area contributed by atoms with Crippen LogP contribution in [0, 0.1) is 35.0 Å². The largest absolute Gasteiger partial charge is 0.393 e. The third-order valence-electron chi connectivity index (χ3n) is 7.61. The highest BCUT2D eigenvalue weighted by Crippen LogP contribution is 2.63. The summed E-state index contributed by atoms with van der Waals surface area (Å²) in [5.74, 6) is 4.67. The van der Waals surface area contributed by atoms with Crippen LogP contribution in [0.2, 0.25) is 0 Å². The molecule has 0 aromatic rings. The van der Waals surface area contributed by atoms with Gasteiger partial charge in [-0.25, -0.2) is 0 Å². The van der Waals surface area contributed by atoms with Crippen molar-refractivity contribution in [3.05, 3.63) is 12.2 Å². The Balaban J connectivity index is 1.57. The monoisotopic (exact) mass is 274 g/mol. The van der Waals surface area contributed by atoms with Crippen molar-refractivity contribution in [1.29, 1.82) is 0 Å². The summed E-state index contributed by atoms with van der Waals surface area (Å²) in [5.41, 5.74) is 2.11. The summed E-state index contributed by atoms with van der Waals surface area (Å²) >= 11 is 0. The van der Waals surface area contributed by atoms with E-state index >= 15 is 0 Å². The highest BCUT2D eigenvalue weighted by Gasteiger charge is 2.54. The van der Waals surface area contributed by atoms with Crippen molar-refractivity contribution in [1.82, 2.24) is 0 Å². The standard InChI is InChI=1S/C19H30O/c1-12-9-18-17-5-3-13-10-14(20)4-6-15(13)16(17)7-8-19(18,2)11-12/h13-18,20H,1,3-11H2,2H3/t13-,14+,15-,16+,17+,18-,19+/m1/s1. The van der Waals surface area contributed by atoms with Gasteiger partial charge in [-0.15, -0.1) is 0 Å². The second-order valence-electron chi connectivity index (χ2n) is 8.73. The summed E-state index contributed by atoms with van der Waals surface area (Å²) in [5, 5.41) is 9.96. The van der Waals surface area contributed by atoms with Gasteiger partial charge >= 0.3 is 0 Å². The molecule has 20 heavy (non-hydrogen) atoms. The quantitative estimate of drug-likeness (QED) is 0.642. The van der Waals surface area contributed by atoms with Crippen molar-refractivity contribution < 1.29 is 5.11 Å². The summed E-state index contributed by atoms with van der Waals surface area (Å²) in [6.45, 7) is 6.86. The Kier molecular flexibility index (Phi) is 3.07. The normalized spacial score (nSPS) is 55.0. The van der Waals surface area contributed by atoms with Crippen molar-refractivity contribution in [2.24, 2.45) is 35.0 Å². The molecule has 0 amide bonds. The topological polar surface area (TPSA) is 20.2 Å². The number of fused-ring (bicyclic) bond motifs is 5. The molecule has 0 spiro atoms. The van der Waals surface area contributed by atoms with Crippen LogP contribution in [0.15, 0.2) is 12.2 Å². The molecule has 0 aliphatic heterocycles. The number of aliphatic hydroxyl groups is 1. The first-order valence-corrected chi connectivity index (χ1v) is 8.91. The third-order valence-corrected chi connectivity index (χ3v) is 7.61. The summed E-state index contributed by atoms with van der Waals surface area (Å²) in [6, 6.07) is 0. The summed E-state index contributed by atoms with van der Waals surface area (Å²) in [4.78, 5) is 0.